The Hall–Kier alpha value is -4.38. The number of amides is 2. The summed E-state index contributed by atoms with van der Waals surface area (Å²) in [5, 5.41) is 25.9. The lowest BCUT2D eigenvalue weighted by Gasteiger charge is -2.12. The van der Waals surface area contributed by atoms with E-state index in [2.05, 4.69) is 26.9 Å². The van der Waals surface area contributed by atoms with E-state index in [9.17, 15) is 14.9 Å². The van der Waals surface area contributed by atoms with Crippen LogP contribution in [0.4, 0.5) is 16.2 Å². The molecule has 0 unspecified atom stereocenters. The third kappa shape index (κ3) is 5.99. The van der Waals surface area contributed by atoms with Gasteiger partial charge in [-0.1, -0.05) is 53.7 Å². The summed E-state index contributed by atoms with van der Waals surface area (Å²) in [5.74, 6) is 1.68. The minimum absolute atomic E-state index is 0.0170. The fraction of sp³-hybridized carbons (Fsp3) is 0.160. The third-order valence-electron chi connectivity index (χ3n) is 5.23. The van der Waals surface area contributed by atoms with E-state index in [1.54, 1.807) is 34.9 Å². The van der Waals surface area contributed by atoms with Crippen LogP contribution in [0.1, 0.15) is 17.0 Å². The number of benzene rings is 3. The zero-order valence-corrected chi connectivity index (χ0v) is 20.5. The average Bonchev–Trinajstić information content (AvgIpc) is 3.29. The Balaban J connectivity index is 1.55. The summed E-state index contributed by atoms with van der Waals surface area (Å²) in [5.41, 5.74) is 3.46. The molecule has 0 aliphatic heterocycles. The maximum atomic E-state index is 12.6. The van der Waals surface area contributed by atoms with Crippen molar-refractivity contribution < 1.29 is 14.5 Å². The lowest BCUT2D eigenvalue weighted by atomic mass is 10.2. The van der Waals surface area contributed by atoms with Crippen molar-refractivity contribution >= 4 is 29.2 Å². The lowest BCUT2D eigenvalue weighted by Crippen LogP contribution is -2.29. The molecule has 0 saturated carbocycles. The number of hydrogen-bond acceptors (Lipinski definition) is 7. The second kappa shape index (κ2) is 11.4. The first-order valence-corrected chi connectivity index (χ1v) is 12.0. The summed E-state index contributed by atoms with van der Waals surface area (Å²) >= 11 is 1.49. The first-order valence-electron chi connectivity index (χ1n) is 11.0. The van der Waals surface area contributed by atoms with Crippen molar-refractivity contribution in [2.24, 2.45) is 0 Å². The van der Waals surface area contributed by atoms with Gasteiger partial charge in [0.25, 0.3) is 5.69 Å². The molecule has 2 N–H and O–H groups in total. The molecule has 0 bridgehead atoms. The number of non-ortho nitro benzene ring substituents is 1. The molecule has 36 heavy (non-hydrogen) atoms. The first kappa shape index (κ1) is 24.7. The van der Waals surface area contributed by atoms with Crippen LogP contribution in [0.15, 0.2) is 78.0 Å². The van der Waals surface area contributed by atoms with E-state index in [1.165, 1.54) is 31.0 Å². The van der Waals surface area contributed by atoms with E-state index in [4.69, 9.17) is 4.74 Å². The number of aryl methyl sites for hydroxylation is 1. The van der Waals surface area contributed by atoms with Crippen LogP contribution in [0.25, 0.3) is 5.69 Å². The number of nitrogens with zero attached hydrogens (tertiary/aromatic N) is 4. The normalized spacial score (nSPS) is 10.6. The number of carbonyl (C=O) groups excluding carboxylic acids is 1. The van der Waals surface area contributed by atoms with E-state index in [1.807, 2.05) is 31.2 Å². The lowest BCUT2D eigenvalue weighted by molar-refractivity contribution is -0.384. The Morgan fingerprint density at radius 1 is 1.08 bits per heavy atom. The Labute approximate surface area is 211 Å². The number of urea groups is 1. The van der Waals surface area contributed by atoms with Gasteiger partial charge < -0.3 is 15.4 Å². The van der Waals surface area contributed by atoms with Crippen molar-refractivity contribution in [1.82, 2.24) is 20.1 Å². The van der Waals surface area contributed by atoms with E-state index in [0.29, 0.717) is 33.9 Å². The molecule has 0 aliphatic carbocycles. The molecule has 0 atom stereocenters. The Morgan fingerprint density at radius 3 is 2.58 bits per heavy atom. The minimum Gasteiger partial charge on any atom is -0.495 e. The smallest absolute Gasteiger partial charge is 0.319 e. The standard InChI is InChI=1S/C25H24N6O4S/c1-17-6-5-7-18(14-17)16-36-25-29-28-23(30(25)19-10-12-20(13-11-19)31(33)34)15-26-24(32)27-21-8-3-4-9-22(21)35-2/h3-14H,15-16H2,1-2H3,(H2,26,27,32). The zero-order valence-electron chi connectivity index (χ0n) is 19.7. The summed E-state index contributed by atoms with van der Waals surface area (Å²) in [7, 11) is 1.53. The fourth-order valence-electron chi connectivity index (χ4n) is 3.51. The van der Waals surface area contributed by atoms with Gasteiger partial charge in [0.05, 0.1) is 24.3 Å². The van der Waals surface area contributed by atoms with Crippen molar-refractivity contribution in [2.75, 3.05) is 12.4 Å². The largest absolute Gasteiger partial charge is 0.495 e. The summed E-state index contributed by atoms with van der Waals surface area (Å²) < 4.78 is 7.05. The number of nitro groups is 1. The Kier molecular flexibility index (Phi) is 7.81. The summed E-state index contributed by atoms with van der Waals surface area (Å²) in [6.45, 7) is 2.11. The van der Waals surface area contributed by atoms with Crippen LogP contribution in [-0.2, 0) is 12.3 Å². The van der Waals surface area contributed by atoms with Gasteiger partial charge in [-0.25, -0.2) is 4.79 Å². The molecule has 1 heterocycles. The Bertz CT molecular complexity index is 1370. The number of thioether (sulfide) groups is 1. The van der Waals surface area contributed by atoms with Gasteiger partial charge in [-0.15, -0.1) is 10.2 Å². The number of ether oxygens (including phenoxy) is 1. The van der Waals surface area contributed by atoms with Gasteiger partial charge in [-0.3, -0.25) is 14.7 Å². The number of aromatic nitrogens is 3. The number of carbonyl (C=O) groups is 1. The van der Waals surface area contributed by atoms with Crippen molar-refractivity contribution in [3.05, 3.63) is 99.9 Å². The maximum Gasteiger partial charge on any atom is 0.319 e. The van der Waals surface area contributed by atoms with Crippen molar-refractivity contribution in [2.45, 2.75) is 24.4 Å². The summed E-state index contributed by atoms with van der Waals surface area (Å²) in [4.78, 5) is 23.2. The quantitative estimate of drug-likeness (QED) is 0.184. The van der Waals surface area contributed by atoms with Gasteiger partial charge >= 0.3 is 6.03 Å². The average molecular weight is 505 g/mol. The van der Waals surface area contributed by atoms with Gasteiger partial charge in [-0.05, 0) is 36.8 Å². The van der Waals surface area contributed by atoms with Crippen molar-refractivity contribution in [3.63, 3.8) is 0 Å². The summed E-state index contributed by atoms with van der Waals surface area (Å²) in [6.07, 6.45) is 0. The number of rotatable bonds is 9. The monoisotopic (exact) mass is 504 g/mol. The molecule has 0 spiro atoms. The number of hydrogen-bond donors (Lipinski definition) is 2. The highest BCUT2D eigenvalue weighted by Gasteiger charge is 2.17. The molecule has 3 aromatic carbocycles. The van der Waals surface area contributed by atoms with Crippen molar-refractivity contribution in [1.29, 1.82) is 0 Å². The van der Waals surface area contributed by atoms with Gasteiger partial charge in [0.15, 0.2) is 11.0 Å². The number of para-hydroxylation sites is 2. The highest BCUT2D eigenvalue weighted by molar-refractivity contribution is 7.98. The fourth-order valence-corrected chi connectivity index (χ4v) is 4.43. The van der Waals surface area contributed by atoms with E-state index >= 15 is 0 Å². The van der Waals surface area contributed by atoms with E-state index in [0.717, 1.165) is 11.1 Å². The molecular weight excluding hydrogens is 480 g/mol. The van der Waals surface area contributed by atoms with Crippen molar-refractivity contribution in [3.8, 4) is 11.4 Å². The number of nitro benzene ring substituents is 1. The Morgan fingerprint density at radius 2 is 1.86 bits per heavy atom. The van der Waals surface area contributed by atoms with Crippen LogP contribution < -0.4 is 15.4 Å². The number of nitrogens with one attached hydrogen (secondary N) is 2. The molecule has 4 aromatic rings. The molecule has 0 radical (unpaired) electrons. The predicted octanol–water partition coefficient (Wildman–Crippen LogP) is 5.11. The van der Waals surface area contributed by atoms with Crippen LogP contribution in [0.2, 0.25) is 0 Å². The molecule has 0 fully saturated rings. The highest BCUT2D eigenvalue weighted by atomic mass is 32.2. The third-order valence-corrected chi connectivity index (χ3v) is 6.23. The predicted molar refractivity (Wildman–Crippen MR) is 138 cm³/mol. The van der Waals surface area contributed by atoms with Crippen LogP contribution in [0, 0.1) is 17.0 Å². The molecule has 10 nitrogen and oxygen atoms in total. The number of anilines is 1. The molecule has 0 aliphatic rings. The SMILES string of the molecule is COc1ccccc1NC(=O)NCc1nnc(SCc2cccc(C)c2)n1-c1ccc([N+](=O)[O-])cc1. The zero-order chi connectivity index (χ0) is 25.5. The van der Waals surface area contributed by atoms with Crippen LogP contribution in [0.5, 0.6) is 5.75 Å². The molecular formula is C25H24N6O4S. The molecule has 2 amide bonds. The molecule has 4 rings (SSSR count). The van der Waals surface area contributed by atoms with E-state index < -0.39 is 11.0 Å². The second-order valence-electron chi connectivity index (χ2n) is 7.79. The van der Waals surface area contributed by atoms with Gasteiger partial charge in [-0.2, -0.15) is 0 Å². The van der Waals surface area contributed by atoms with Gasteiger partial charge in [0, 0.05) is 23.6 Å². The van der Waals surface area contributed by atoms with Crippen LogP contribution in [-0.4, -0.2) is 32.8 Å². The van der Waals surface area contributed by atoms with Gasteiger partial charge in [0.2, 0.25) is 0 Å². The van der Waals surface area contributed by atoms with Crippen LogP contribution >= 0.6 is 11.8 Å². The molecule has 0 saturated heterocycles. The maximum absolute atomic E-state index is 12.6. The van der Waals surface area contributed by atoms with Gasteiger partial charge in [0.1, 0.15) is 5.75 Å². The molecule has 1 aromatic heterocycles. The minimum atomic E-state index is -0.450. The second-order valence-corrected chi connectivity index (χ2v) is 8.74. The highest BCUT2D eigenvalue weighted by Crippen LogP contribution is 2.27. The van der Waals surface area contributed by atoms with E-state index in [-0.39, 0.29) is 12.2 Å². The summed E-state index contributed by atoms with van der Waals surface area (Å²) in [6, 6.07) is 20.9. The first-order chi connectivity index (χ1) is 17.4. The molecule has 184 valence electrons. The van der Waals surface area contributed by atoms with Crippen LogP contribution in [0.3, 0.4) is 0 Å². The molecule has 11 heteroatoms. The topological polar surface area (TPSA) is 124 Å². The number of methoxy groups -OCH3 is 1.